The van der Waals surface area contributed by atoms with Gasteiger partial charge in [0.25, 0.3) is 0 Å². The van der Waals surface area contributed by atoms with E-state index in [2.05, 4.69) is 44.7 Å². The highest BCUT2D eigenvalue weighted by Gasteiger charge is 2.15. The van der Waals surface area contributed by atoms with Gasteiger partial charge < -0.3 is 15.4 Å². The Morgan fingerprint density at radius 3 is 2.45 bits per heavy atom. The molecule has 2 aromatic heterocycles. The van der Waals surface area contributed by atoms with Crippen LogP contribution in [0.25, 0.3) is 28.0 Å². The maximum Gasteiger partial charge on any atom is 0.137 e. The second kappa shape index (κ2) is 8.52. The molecule has 0 unspecified atom stereocenters. The first-order valence-electron chi connectivity index (χ1n) is 10.2. The van der Waals surface area contributed by atoms with Crippen molar-refractivity contribution in [1.82, 2.24) is 9.38 Å². The monoisotopic (exact) mass is 452 g/mol. The van der Waals surface area contributed by atoms with Crippen molar-refractivity contribution in [2.24, 2.45) is 5.73 Å². The van der Waals surface area contributed by atoms with Gasteiger partial charge in [-0.1, -0.05) is 41.4 Å². The molecule has 1 fully saturated rings. The third-order valence-electron chi connectivity index (χ3n) is 5.71. The van der Waals surface area contributed by atoms with Gasteiger partial charge in [-0.15, -0.1) is 0 Å². The number of fused-ring (bicyclic) bond motifs is 1. The summed E-state index contributed by atoms with van der Waals surface area (Å²) in [6.07, 6.45) is 3.96. The van der Waals surface area contributed by atoms with Crippen molar-refractivity contribution in [2.75, 3.05) is 31.2 Å². The minimum atomic E-state index is 0.390. The van der Waals surface area contributed by atoms with Gasteiger partial charge in [0.05, 0.1) is 25.1 Å². The molecule has 7 heteroatoms. The second-order valence-electron chi connectivity index (χ2n) is 7.56. The zero-order valence-corrected chi connectivity index (χ0v) is 18.4. The Bertz CT molecular complexity index is 1230. The third kappa shape index (κ3) is 3.90. The van der Waals surface area contributed by atoms with Crippen LogP contribution in [0.1, 0.15) is 5.56 Å². The minimum absolute atomic E-state index is 0.390. The lowest BCUT2D eigenvalue weighted by molar-refractivity contribution is 0.122. The van der Waals surface area contributed by atoms with Gasteiger partial charge in [0.1, 0.15) is 5.65 Å². The van der Waals surface area contributed by atoms with E-state index in [-0.39, 0.29) is 0 Å². The van der Waals surface area contributed by atoms with Gasteiger partial charge in [0.15, 0.2) is 0 Å². The van der Waals surface area contributed by atoms with Crippen molar-refractivity contribution in [2.45, 2.75) is 6.54 Å². The van der Waals surface area contributed by atoms with Crippen LogP contribution in [0.5, 0.6) is 0 Å². The molecule has 0 bridgehead atoms. The first-order valence-corrected chi connectivity index (χ1v) is 11.0. The fourth-order valence-corrected chi connectivity index (χ4v) is 4.57. The highest BCUT2D eigenvalue weighted by molar-refractivity contribution is 6.36. The van der Waals surface area contributed by atoms with E-state index in [1.807, 2.05) is 24.4 Å². The summed E-state index contributed by atoms with van der Waals surface area (Å²) in [7, 11) is 0. The Kier molecular flexibility index (Phi) is 5.59. The molecular formula is C24H22Cl2N4O. The van der Waals surface area contributed by atoms with Crippen LogP contribution in [0.15, 0.2) is 60.9 Å². The second-order valence-corrected chi connectivity index (χ2v) is 8.40. The Morgan fingerprint density at radius 2 is 1.74 bits per heavy atom. The molecule has 5 rings (SSSR count). The minimum Gasteiger partial charge on any atom is -0.378 e. The number of benzene rings is 2. The molecule has 31 heavy (non-hydrogen) atoms. The molecule has 0 amide bonds. The molecule has 0 aliphatic carbocycles. The smallest absolute Gasteiger partial charge is 0.137 e. The summed E-state index contributed by atoms with van der Waals surface area (Å²) in [6.45, 7) is 3.77. The van der Waals surface area contributed by atoms with Gasteiger partial charge in [-0.25, -0.2) is 4.98 Å². The fraction of sp³-hybridized carbons (Fsp3) is 0.208. The SMILES string of the molecule is NCc1cc2ncc(-c3ccc(N4CCOCC4)cc3)n2cc1-c1ccc(Cl)cc1Cl. The van der Waals surface area contributed by atoms with Crippen LogP contribution in [0.2, 0.25) is 10.0 Å². The van der Waals surface area contributed by atoms with E-state index < -0.39 is 0 Å². The number of rotatable bonds is 4. The first-order chi connectivity index (χ1) is 15.1. The topological polar surface area (TPSA) is 55.8 Å². The number of aromatic nitrogens is 2. The molecule has 3 heterocycles. The van der Waals surface area contributed by atoms with Crippen LogP contribution in [-0.4, -0.2) is 35.7 Å². The molecule has 0 spiro atoms. The zero-order valence-electron chi connectivity index (χ0n) is 16.9. The Morgan fingerprint density at radius 1 is 0.968 bits per heavy atom. The summed E-state index contributed by atoms with van der Waals surface area (Å²) in [5.41, 5.74) is 13.1. The van der Waals surface area contributed by atoms with E-state index in [9.17, 15) is 0 Å². The van der Waals surface area contributed by atoms with E-state index in [1.54, 1.807) is 6.07 Å². The van der Waals surface area contributed by atoms with Crippen molar-refractivity contribution in [3.05, 3.63) is 76.5 Å². The number of nitrogens with zero attached hydrogens (tertiary/aromatic N) is 3. The summed E-state index contributed by atoms with van der Waals surface area (Å²) in [4.78, 5) is 6.96. The average molecular weight is 453 g/mol. The third-order valence-corrected chi connectivity index (χ3v) is 6.26. The summed E-state index contributed by atoms with van der Waals surface area (Å²) in [5, 5.41) is 1.20. The van der Waals surface area contributed by atoms with Crippen molar-refractivity contribution in [1.29, 1.82) is 0 Å². The first kappa shape index (κ1) is 20.3. The summed E-state index contributed by atoms with van der Waals surface area (Å²) in [6, 6.07) is 16.1. The number of anilines is 1. The number of ether oxygens (including phenoxy) is 1. The van der Waals surface area contributed by atoms with E-state index in [0.29, 0.717) is 16.6 Å². The lowest BCUT2D eigenvalue weighted by Crippen LogP contribution is -2.36. The maximum absolute atomic E-state index is 6.50. The molecule has 2 N–H and O–H groups in total. The van der Waals surface area contributed by atoms with Crippen molar-refractivity contribution < 1.29 is 4.74 Å². The van der Waals surface area contributed by atoms with E-state index in [1.165, 1.54) is 5.69 Å². The van der Waals surface area contributed by atoms with E-state index in [4.69, 9.17) is 33.7 Å². The molecule has 0 radical (unpaired) electrons. The van der Waals surface area contributed by atoms with Crippen molar-refractivity contribution in [3.63, 3.8) is 0 Å². The van der Waals surface area contributed by atoms with Crippen LogP contribution < -0.4 is 10.6 Å². The zero-order chi connectivity index (χ0) is 21.4. The quantitative estimate of drug-likeness (QED) is 0.458. The molecular weight excluding hydrogens is 431 g/mol. The van der Waals surface area contributed by atoms with Crippen molar-refractivity contribution in [3.8, 4) is 22.4 Å². The van der Waals surface area contributed by atoms with Gasteiger partial charge in [0.2, 0.25) is 0 Å². The normalized spacial score (nSPS) is 14.4. The Balaban J connectivity index is 1.57. The van der Waals surface area contributed by atoms with Gasteiger partial charge in [-0.05, 0) is 35.9 Å². The van der Waals surface area contributed by atoms with Crippen molar-refractivity contribution >= 4 is 34.5 Å². The molecule has 1 aliphatic rings. The van der Waals surface area contributed by atoms with Crippen LogP contribution in [0.3, 0.4) is 0 Å². The van der Waals surface area contributed by atoms with E-state index in [0.717, 1.165) is 59.9 Å². The molecule has 1 aliphatic heterocycles. The number of hydrogen-bond donors (Lipinski definition) is 1. The highest BCUT2D eigenvalue weighted by atomic mass is 35.5. The van der Waals surface area contributed by atoms with Crippen LogP contribution in [-0.2, 0) is 11.3 Å². The highest BCUT2D eigenvalue weighted by Crippen LogP contribution is 2.34. The lowest BCUT2D eigenvalue weighted by atomic mass is 10.0. The number of hydrogen-bond acceptors (Lipinski definition) is 4. The predicted molar refractivity (Wildman–Crippen MR) is 127 cm³/mol. The molecule has 4 aromatic rings. The number of imidazole rings is 1. The van der Waals surface area contributed by atoms with Crippen LogP contribution in [0.4, 0.5) is 5.69 Å². The average Bonchev–Trinajstić information content (AvgIpc) is 3.22. The lowest BCUT2D eigenvalue weighted by Gasteiger charge is -2.28. The van der Waals surface area contributed by atoms with Gasteiger partial charge in [-0.3, -0.25) is 4.40 Å². The Labute approximate surface area is 191 Å². The largest absolute Gasteiger partial charge is 0.378 e. The van der Waals surface area contributed by atoms with Gasteiger partial charge >= 0.3 is 0 Å². The number of pyridine rings is 1. The van der Waals surface area contributed by atoms with Gasteiger partial charge in [-0.2, -0.15) is 0 Å². The van der Waals surface area contributed by atoms with Gasteiger partial charge in [0, 0.05) is 58.3 Å². The Hall–Kier alpha value is -2.57. The molecule has 0 saturated carbocycles. The van der Waals surface area contributed by atoms with E-state index >= 15 is 0 Å². The number of halogens is 2. The molecule has 0 atom stereocenters. The number of morpholine rings is 1. The van der Waals surface area contributed by atoms with Crippen LogP contribution in [0, 0.1) is 0 Å². The number of nitrogens with two attached hydrogens (primary N) is 1. The summed E-state index contributed by atoms with van der Waals surface area (Å²) in [5.74, 6) is 0. The molecule has 5 nitrogen and oxygen atoms in total. The standard InChI is InChI=1S/C24H22Cl2N4O/c25-18-3-6-20(22(26)12-18)21-15-30-23(14-28-24(30)11-17(21)13-27)16-1-4-19(5-2-16)29-7-9-31-10-8-29/h1-6,11-12,14-15H,7-10,13,27H2. The summed E-state index contributed by atoms with van der Waals surface area (Å²) >= 11 is 12.6. The fourth-order valence-electron chi connectivity index (χ4n) is 4.06. The summed E-state index contributed by atoms with van der Waals surface area (Å²) < 4.78 is 7.54. The predicted octanol–water partition coefficient (Wildman–Crippen LogP) is 5.27. The van der Waals surface area contributed by atoms with Crippen LogP contribution >= 0.6 is 23.2 Å². The molecule has 1 saturated heterocycles. The molecule has 2 aromatic carbocycles. The molecule has 158 valence electrons. The maximum atomic E-state index is 6.50.